The molecular weight excluding hydrogens is 202 g/mol. The highest BCUT2D eigenvalue weighted by atomic mass is 32.2. The van der Waals surface area contributed by atoms with Gasteiger partial charge in [0.25, 0.3) is 10.1 Å². The Labute approximate surface area is 84.5 Å². The fraction of sp³-hybridized carbons (Fsp3) is 0.333. The third kappa shape index (κ3) is 11.1. The van der Waals surface area contributed by atoms with E-state index in [1.54, 1.807) is 0 Å². The van der Waals surface area contributed by atoms with Gasteiger partial charge in [-0.1, -0.05) is 30.3 Å². The summed E-state index contributed by atoms with van der Waals surface area (Å²) in [5, 5.41) is 0. The second-order valence-corrected chi connectivity index (χ2v) is 4.22. The van der Waals surface area contributed by atoms with Crippen LogP contribution in [-0.4, -0.2) is 25.8 Å². The molecule has 0 saturated heterocycles. The summed E-state index contributed by atoms with van der Waals surface area (Å²) < 4.78 is 25.9. The van der Waals surface area contributed by atoms with Gasteiger partial charge in [0.05, 0.1) is 6.26 Å². The van der Waals surface area contributed by atoms with Crippen molar-refractivity contribution >= 4 is 10.1 Å². The van der Waals surface area contributed by atoms with E-state index in [1.165, 1.54) is 5.56 Å². The van der Waals surface area contributed by atoms with Crippen molar-refractivity contribution in [3.63, 3.8) is 0 Å². The average molecular weight is 217 g/mol. The first kappa shape index (κ1) is 13.1. The minimum absolute atomic E-state index is 0.715. The highest BCUT2D eigenvalue weighted by molar-refractivity contribution is 7.85. The monoisotopic (exact) mass is 217 g/mol. The van der Waals surface area contributed by atoms with Gasteiger partial charge in [0.15, 0.2) is 0 Å². The Kier molecular flexibility index (Phi) is 6.11. The Morgan fingerprint density at radius 3 is 2.07 bits per heavy atom. The quantitative estimate of drug-likeness (QED) is 0.714. The Bertz CT molecular complexity index is 326. The van der Waals surface area contributed by atoms with Crippen molar-refractivity contribution in [1.29, 1.82) is 0 Å². The maximum Gasteiger partial charge on any atom is 0.261 e. The van der Waals surface area contributed by atoms with Crippen molar-refractivity contribution < 1.29 is 13.0 Å². The minimum atomic E-state index is -3.67. The van der Waals surface area contributed by atoms with Crippen LogP contribution in [0.1, 0.15) is 5.56 Å². The molecule has 1 aromatic rings. The Morgan fingerprint density at radius 2 is 1.71 bits per heavy atom. The normalized spacial score (nSPS) is 10.2. The molecule has 1 rings (SSSR count). The number of nitrogens with two attached hydrogens (primary N) is 1. The lowest BCUT2D eigenvalue weighted by Crippen LogP contribution is -2.01. The zero-order valence-corrected chi connectivity index (χ0v) is 8.87. The molecule has 0 fully saturated rings. The summed E-state index contributed by atoms with van der Waals surface area (Å²) in [5.74, 6) is 0. The van der Waals surface area contributed by atoms with Crippen LogP contribution in [0.3, 0.4) is 0 Å². The molecule has 0 atom stereocenters. The maximum absolute atomic E-state index is 9.19. The van der Waals surface area contributed by atoms with Crippen molar-refractivity contribution in [2.24, 2.45) is 5.73 Å². The van der Waals surface area contributed by atoms with Crippen LogP contribution in [0, 0.1) is 0 Å². The molecule has 0 aliphatic heterocycles. The molecule has 14 heavy (non-hydrogen) atoms. The molecule has 4 nitrogen and oxygen atoms in total. The van der Waals surface area contributed by atoms with E-state index in [9.17, 15) is 8.42 Å². The molecule has 1 aromatic carbocycles. The second-order valence-electron chi connectivity index (χ2n) is 2.76. The van der Waals surface area contributed by atoms with E-state index in [4.69, 9.17) is 10.3 Å². The summed E-state index contributed by atoms with van der Waals surface area (Å²) in [5.41, 5.74) is 6.68. The first-order chi connectivity index (χ1) is 6.43. The highest BCUT2D eigenvalue weighted by Crippen LogP contribution is 1.96. The predicted molar refractivity (Wildman–Crippen MR) is 56.7 cm³/mol. The molecule has 0 aliphatic carbocycles. The molecule has 0 aliphatic rings. The van der Waals surface area contributed by atoms with Crippen molar-refractivity contribution in [3.8, 4) is 0 Å². The Morgan fingerprint density at radius 1 is 1.29 bits per heavy atom. The van der Waals surface area contributed by atoms with Crippen molar-refractivity contribution in [1.82, 2.24) is 0 Å². The van der Waals surface area contributed by atoms with E-state index in [-0.39, 0.29) is 0 Å². The molecular formula is C9H15NO3S. The third-order valence-electron chi connectivity index (χ3n) is 1.28. The smallest absolute Gasteiger partial charge is 0.261 e. The van der Waals surface area contributed by atoms with Crippen molar-refractivity contribution in [2.45, 2.75) is 6.42 Å². The van der Waals surface area contributed by atoms with Gasteiger partial charge in [-0.25, -0.2) is 0 Å². The van der Waals surface area contributed by atoms with E-state index in [1.807, 2.05) is 18.2 Å². The van der Waals surface area contributed by atoms with Gasteiger partial charge in [-0.2, -0.15) is 8.42 Å². The van der Waals surface area contributed by atoms with Gasteiger partial charge in [0.1, 0.15) is 0 Å². The molecule has 0 spiro atoms. The number of rotatable bonds is 2. The SMILES string of the molecule is CS(=O)(=O)O.NCCc1ccccc1. The van der Waals surface area contributed by atoms with Crippen LogP contribution >= 0.6 is 0 Å². The summed E-state index contributed by atoms with van der Waals surface area (Å²) in [7, 11) is -3.67. The van der Waals surface area contributed by atoms with Crippen LogP contribution in [-0.2, 0) is 16.5 Å². The van der Waals surface area contributed by atoms with Crippen LogP contribution in [0.2, 0.25) is 0 Å². The number of benzene rings is 1. The molecule has 0 heterocycles. The van der Waals surface area contributed by atoms with Gasteiger partial charge in [-0.15, -0.1) is 0 Å². The van der Waals surface area contributed by atoms with Gasteiger partial charge < -0.3 is 5.73 Å². The summed E-state index contributed by atoms with van der Waals surface area (Å²) in [6.45, 7) is 0.740. The molecule has 0 aromatic heterocycles. The lowest BCUT2D eigenvalue weighted by molar-refractivity contribution is 0.490. The molecule has 3 N–H and O–H groups in total. The Balaban J connectivity index is 0.000000292. The molecule has 0 amide bonds. The maximum atomic E-state index is 9.19. The highest BCUT2D eigenvalue weighted by Gasteiger charge is 1.84. The molecule has 5 heteroatoms. The van der Waals surface area contributed by atoms with E-state index in [0.29, 0.717) is 6.26 Å². The number of hydrogen-bond donors (Lipinski definition) is 2. The zero-order valence-electron chi connectivity index (χ0n) is 8.05. The van der Waals surface area contributed by atoms with Gasteiger partial charge in [0, 0.05) is 0 Å². The topological polar surface area (TPSA) is 80.4 Å². The summed E-state index contributed by atoms with van der Waals surface area (Å²) in [6.07, 6.45) is 1.70. The summed E-state index contributed by atoms with van der Waals surface area (Å²) in [4.78, 5) is 0. The summed E-state index contributed by atoms with van der Waals surface area (Å²) >= 11 is 0. The molecule has 80 valence electrons. The number of hydrogen-bond acceptors (Lipinski definition) is 3. The van der Waals surface area contributed by atoms with Crippen LogP contribution in [0.4, 0.5) is 0 Å². The van der Waals surface area contributed by atoms with E-state index >= 15 is 0 Å². The first-order valence-corrected chi connectivity index (χ1v) is 5.94. The Hall–Kier alpha value is -0.910. The fourth-order valence-corrected chi connectivity index (χ4v) is 0.811. The van der Waals surface area contributed by atoms with Gasteiger partial charge in [-0.05, 0) is 18.5 Å². The lowest BCUT2D eigenvalue weighted by Gasteiger charge is -1.93. The fourth-order valence-electron chi connectivity index (χ4n) is 0.811. The third-order valence-corrected chi connectivity index (χ3v) is 1.28. The van der Waals surface area contributed by atoms with Crippen molar-refractivity contribution in [3.05, 3.63) is 35.9 Å². The molecule has 0 bridgehead atoms. The largest absolute Gasteiger partial charge is 0.330 e. The lowest BCUT2D eigenvalue weighted by atomic mass is 10.2. The molecule has 0 radical (unpaired) electrons. The van der Waals surface area contributed by atoms with Crippen LogP contribution < -0.4 is 5.73 Å². The van der Waals surface area contributed by atoms with E-state index in [0.717, 1.165) is 13.0 Å². The zero-order chi connectivity index (χ0) is 11.0. The standard InChI is InChI=1S/C8H11N.CH4O3S/c9-7-6-8-4-2-1-3-5-8;1-5(2,3)4/h1-5H,6-7,9H2;1H3,(H,2,3,4). The molecule has 0 unspecified atom stereocenters. The predicted octanol–water partition coefficient (Wildman–Crippen LogP) is 0.692. The van der Waals surface area contributed by atoms with Gasteiger partial charge >= 0.3 is 0 Å². The first-order valence-electron chi connectivity index (χ1n) is 4.10. The average Bonchev–Trinajstić information content (AvgIpc) is 2.03. The van der Waals surface area contributed by atoms with Gasteiger partial charge in [0.2, 0.25) is 0 Å². The minimum Gasteiger partial charge on any atom is -0.330 e. The van der Waals surface area contributed by atoms with Crippen molar-refractivity contribution in [2.75, 3.05) is 12.8 Å². The van der Waals surface area contributed by atoms with Crippen LogP contribution in [0.25, 0.3) is 0 Å². The second kappa shape index (κ2) is 6.53. The van der Waals surface area contributed by atoms with Gasteiger partial charge in [-0.3, -0.25) is 4.55 Å². The van der Waals surface area contributed by atoms with E-state index < -0.39 is 10.1 Å². The van der Waals surface area contributed by atoms with Crippen LogP contribution in [0.15, 0.2) is 30.3 Å². The molecule has 0 saturated carbocycles. The van der Waals surface area contributed by atoms with E-state index in [2.05, 4.69) is 12.1 Å². The van der Waals surface area contributed by atoms with Crippen LogP contribution in [0.5, 0.6) is 0 Å². The summed E-state index contributed by atoms with van der Waals surface area (Å²) in [6, 6.07) is 10.3.